The first-order chi connectivity index (χ1) is 27.3. The molecular formula is C39H47ClN6O10S2. The minimum Gasteiger partial charge on any atom is -0.504 e. The van der Waals surface area contributed by atoms with Crippen molar-refractivity contribution in [1.29, 1.82) is 0 Å². The van der Waals surface area contributed by atoms with Crippen LogP contribution >= 0.6 is 34.7 Å². The number of aromatic nitrogens is 1. The molecule has 1 aromatic heterocycles. The molecule has 4 fully saturated rings. The summed E-state index contributed by atoms with van der Waals surface area (Å²) in [6.07, 6.45) is 6.58. The lowest BCUT2D eigenvalue weighted by Crippen LogP contribution is -2.51. The number of oxime groups is 1. The summed E-state index contributed by atoms with van der Waals surface area (Å²) in [5.41, 5.74) is -1.85. The number of halogens is 1. The van der Waals surface area contributed by atoms with Crippen LogP contribution in [0.3, 0.4) is 0 Å². The molecule has 1 aromatic carbocycles. The number of carboxylic acids is 1. The first kappa shape index (κ1) is 43.0. The van der Waals surface area contributed by atoms with Crippen LogP contribution in [0.2, 0.25) is 5.02 Å². The van der Waals surface area contributed by atoms with Crippen LogP contribution in [0.1, 0.15) is 100 Å². The van der Waals surface area contributed by atoms with Crippen molar-refractivity contribution in [3.8, 4) is 11.5 Å². The fourth-order valence-corrected chi connectivity index (χ4v) is 11.0. The smallest absolute Gasteiger partial charge is 0.350 e. The second-order valence-electron chi connectivity index (χ2n) is 16.1. The topological polar surface area (TPSA) is 228 Å². The summed E-state index contributed by atoms with van der Waals surface area (Å²) in [5.74, 6) is -5.08. The summed E-state index contributed by atoms with van der Waals surface area (Å²) >= 11 is 8.58. The number of nitrogens with one attached hydrogen (secondary N) is 1. The van der Waals surface area contributed by atoms with Crippen LogP contribution in [0.15, 0.2) is 27.8 Å². The average molecular weight is 859 g/mol. The number of carbonyl (C=O) groups is 6. The highest BCUT2D eigenvalue weighted by atomic mass is 35.5. The van der Waals surface area contributed by atoms with Gasteiger partial charge in [-0.15, -0.1) is 23.1 Å². The molecule has 58 heavy (non-hydrogen) atoms. The van der Waals surface area contributed by atoms with Crippen molar-refractivity contribution >= 4 is 81.9 Å². The normalized spacial score (nSPS) is 25.6. The summed E-state index contributed by atoms with van der Waals surface area (Å²) in [4.78, 5) is 89.1. The molecule has 312 valence electrons. The fourth-order valence-electron chi connectivity index (χ4n) is 8.20. The van der Waals surface area contributed by atoms with Crippen LogP contribution in [0.4, 0.5) is 4.79 Å². The van der Waals surface area contributed by atoms with Crippen LogP contribution in [-0.2, 0) is 24.0 Å². The number of hydrogen-bond donors (Lipinski definition) is 4. The highest BCUT2D eigenvalue weighted by Crippen LogP contribution is 2.60. The number of thiazole rings is 1. The second kappa shape index (κ2) is 16.6. The molecule has 3 heterocycles. The number of ketones is 3. The van der Waals surface area contributed by atoms with Crippen LogP contribution in [0.5, 0.6) is 11.5 Å². The van der Waals surface area contributed by atoms with Crippen molar-refractivity contribution in [2.24, 2.45) is 27.5 Å². The summed E-state index contributed by atoms with van der Waals surface area (Å²) in [6, 6.07) is 1.70. The van der Waals surface area contributed by atoms with Crippen molar-refractivity contribution in [2.75, 3.05) is 13.1 Å². The molecule has 6 rings (SSSR count). The van der Waals surface area contributed by atoms with E-state index in [1.165, 1.54) is 65.9 Å². The van der Waals surface area contributed by atoms with Crippen molar-refractivity contribution < 1.29 is 48.9 Å². The molecule has 4 aliphatic rings. The van der Waals surface area contributed by atoms with E-state index in [1.54, 1.807) is 18.5 Å². The first-order valence-corrected chi connectivity index (χ1v) is 21.2. The van der Waals surface area contributed by atoms with Gasteiger partial charge in [0.05, 0.1) is 21.6 Å². The quantitative estimate of drug-likeness (QED) is 0.0926. The summed E-state index contributed by atoms with van der Waals surface area (Å²) in [6.45, 7) is 8.10. The number of thioether (sulfide) groups is 1. The van der Waals surface area contributed by atoms with Gasteiger partial charge in [-0.25, -0.2) is 19.6 Å². The number of Topliss-reactive ketones (excluding diaryl/α,β-unsaturated/α-hetero) is 3. The molecule has 16 nitrogen and oxygen atoms in total. The van der Waals surface area contributed by atoms with Gasteiger partial charge in [-0.05, 0) is 84.3 Å². The molecule has 0 bridgehead atoms. The number of benzene rings is 1. The number of nitrogens with zero attached hydrogens (tertiary/aromatic N) is 5. The molecular weight excluding hydrogens is 812 g/mol. The molecule has 0 radical (unpaired) electrons. The maximum absolute atomic E-state index is 14.1. The van der Waals surface area contributed by atoms with Gasteiger partial charge in [0.2, 0.25) is 5.60 Å². The van der Waals surface area contributed by atoms with E-state index >= 15 is 0 Å². The van der Waals surface area contributed by atoms with Gasteiger partial charge in [0.25, 0.3) is 5.91 Å². The second-order valence-corrected chi connectivity index (χ2v) is 19.0. The SMILES string of the molecule is CC(=O)[C@@]1(N2CC(C)N(/N=C/CC3(CCNC(=O)c4ccc(O)c(O)c4Cl)CCCC3)C2=O)CC2C(=O)[C@@H](CC(=O)/C(=N\OC(C)(C)C(=O)O)c3csc(C)n3)[C@H]2S1. The van der Waals surface area contributed by atoms with Gasteiger partial charge in [0.15, 0.2) is 28.8 Å². The van der Waals surface area contributed by atoms with E-state index in [2.05, 4.69) is 20.6 Å². The highest BCUT2D eigenvalue weighted by molar-refractivity contribution is 8.02. The maximum Gasteiger partial charge on any atom is 0.350 e. The number of rotatable bonds is 16. The van der Waals surface area contributed by atoms with Crippen LogP contribution in [0.25, 0.3) is 0 Å². The van der Waals surface area contributed by atoms with Gasteiger partial charge in [0, 0.05) is 48.2 Å². The Balaban J connectivity index is 1.10. The monoisotopic (exact) mass is 858 g/mol. The van der Waals surface area contributed by atoms with E-state index in [0.29, 0.717) is 24.4 Å². The zero-order chi connectivity index (χ0) is 42.3. The Bertz CT molecular complexity index is 2080. The van der Waals surface area contributed by atoms with E-state index < -0.39 is 62.7 Å². The van der Waals surface area contributed by atoms with Gasteiger partial charge < -0.3 is 25.5 Å². The molecule has 2 unspecified atom stereocenters. The first-order valence-electron chi connectivity index (χ1n) is 19.1. The Morgan fingerprint density at radius 2 is 1.88 bits per heavy atom. The predicted octanol–water partition coefficient (Wildman–Crippen LogP) is 5.55. The van der Waals surface area contributed by atoms with Crippen molar-refractivity contribution in [1.82, 2.24) is 20.2 Å². The van der Waals surface area contributed by atoms with Crippen molar-refractivity contribution in [3.05, 3.63) is 38.8 Å². The zero-order valence-corrected chi connectivity index (χ0v) is 35.2. The number of aryl methyl sites for hydroxylation is 1. The Morgan fingerprint density at radius 1 is 1.17 bits per heavy atom. The lowest BCUT2D eigenvalue weighted by molar-refractivity contribution is -0.161. The molecule has 2 aromatic rings. The van der Waals surface area contributed by atoms with Crippen LogP contribution in [0, 0.1) is 24.2 Å². The lowest BCUT2D eigenvalue weighted by atomic mass is 9.68. The molecule has 5 atom stereocenters. The standard InChI is InChI=1S/C39H47ClN6O10S2/c1-20-18-45(36(55)46(20)42-15-13-38(10-6-7-11-38)12-14-41-34(52)23-8-9-27(48)32(51)29(23)40)39(21(2)47)17-25-31(50)24(33(25)58-39)16-28(49)30(26-19-57-22(3)43-26)44-56-37(4,5)35(53)54/h8-9,15,19-20,24-25,33,48,51H,6-7,10-14,16-18H2,1-5H3,(H,41,52)(H,53,54)/b42-15+,44-30-/t20?,24-,25?,33-,39-/m1/s1. The zero-order valence-electron chi connectivity index (χ0n) is 32.8. The molecule has 2 saturated carbocycles. The van der Waals surface area contributed by atoms with E-state index in [4.69, 9.17) is 16.4 Å². The Hall–Kier alpha value is -4.55. The average Bonchev–Trinajstić information content (AvgIpc) is 3.96. The Kier molecular flexibility index (Phi) is 12.3. The number of urea groups is 1. The number of phenols is 2. The van der Waals surface area contributed by atoms with Crippen molar-refractivity contribution in [3.63, 3.8) is 0 Å². The molecule has 0 spiro atoms. The Morgan fingerprint density at radius 3 is 2.52 bits per heavy atom. The highest BCUT2D eigenvalue weighted by Gasteiger charge is 2.66. The van der Waals surface area contributed by atoms with E-state index in [1.807, 2.05) is 6.92 Å². The van der Waals surface area contributed by atoms with E-state index in [0.717, 1.165) is 25.7 Å². The molecule has 2 saturated heterocycles. The van der Waals surface area contributed by atoms with Gasteiger partial charge in [-0.2, -0.15) is 5.10 Å². The van der Waals surface area contributed by atoms with E-state index in [-0.39, 0.29) is 64.4 Å². The number of fused-ring (bicyclic) bond motifs is 1. The fraction of sp³-hybridized carbons (Fsp3) is 0.564. The predicted molar refractivity (Wildman–Crippen MR) is 216 cm³/mol. The van der Waals surface area contributed by atoms with Gasteiger partial charge in [-0.1, -0.05) is 29.6 Å². The number of amides is 3. The number of carboxylic acid groups (broad SMARTS) is 1. The summed E-state index contributed by atoms with van der Waals surface area (Å²) < 4.78 is 0. The summed E-state index contributed by atoms with van der Waals surface area (Å²) in [5, 5.41) is 43.4. The summed E-state index contributed by atoms with van der Waals surface area (Å²) in [7, 11) is 0. The number of carbonyl (C=O) groups excluding carboxylic acids is 5. The number of hydrazone groups is 1. The largest absolute Gasteiger partial charge is 0.504 e. The number of phenolic OH excluding ortho intramolecular Hbond substituents is 2. The molecule has 2 aliphatic heterocycles. The number of hydrogen-bond acceptors (Lipinski definition) is 14. The third-order valence-corrected chi connectivity index (χ3v) is 14.9. The van der Waals surface area contributed by atoms with Crippen LogP contribution in [-0.4, -0.2) is 112 Å². The third-order valence-electron chi connectivity index (χ3n) is 11.7. The lowest BCUT2D eigenvalue weighted by Gasteiger charge is -2.37. The number of aliphatic carboxylic acids is 1. The van der Waals surface area contributed by atoms with Gasteiger partial charge in [0.1, 0.15) is 16.3 Å². The molecule has 19 heteroatoms. The van der Waals surface area contributed by atoms with Gasteiger partial charge in [-0.3, -0.25) is 24.1 Å². The molecule has 4 N–H and O–H groups in total. The van der Waals surface area contributed by atoms with Gasteiger partial charge >= 0.3 is 12.0 Å². The van der Waals surface area contributed by atoms with Crippen LogP contribution < -0.4 is 5.32 Å². The minimum atomic E-state index is -1.73. The minimum absolute atomic E-state index is 0.0461. The van der Waals surface area contributed by atoms with E-state index in [9.17, 15) is 44.1 Å². The third kappa shape index (κ3) is 8.19. The van der Waals surface area contributed by atoms with Crippen molar-refractivity contribution in [2.45, 2.75) is 108 Å². The molecule has 2 aliphatic carbocycles. The Labute approximate surface area is 348 Å². The number of aromatic hydroxyl groups is 2. The molecule has 3 amide bonds. The maximum atomic E-state index is 14.1.